The fourth-order valence-corrected chi connectivity index (χ4v) is 2.59. The Kier molecular flexibility index (Phi) is 3.65. The van der Waals surface area contributed by atoms with E-state index in [-0.39, 0.29) is 0 Å². The molecule has 2 aromatic rings. The standard InChI is InChI=1S/C15H16ClN3/c16-9-12-10-17-15(18-11-12)19-8-4-3-6-13-5-1-2-7-14(13)19/h1-2,5,7,10-11H,3-4,6,8-9H2. The fraction of sp³-hybridized carbons (Fsp3) is 0.333. The van der Waals surface area contributed by atoms with Crippen LogP contribution in [-0.2, 0) is 12.3 Å². The van der Waals surface area contributed by atoms with Crippen molar-refractivity contribution in [2.75, 3.05) is 11.4 Å². The third-order valence-corrected chi connectivity index (χ3v) is 3.76. The van der Waals surface area contributed by atoms with Crippen LogP contribution in [0.25, 0.3) is 0 Å². The minimum Gasteiger partial charge on any atom is -0.310 e. The molecule has 0 fully saturated rings. The average Bonchev–Trinajstić information content (AvgIpc) is 2.70. The number of halogens is 1. The highest BCUT2D eigenvalue weighted by Gasteiger charge is 2.18. The third kappa shape index (κ3) is 2.56. The van der Waals surface area contributed by atoms with Gasteiger partial charge in [0.05, 0.1) is 5.88 Å². The van der Waals surface area contributed by atoms with Crippen LogP contribution in [0.1, 0.15) is 24.0 Å². The smallest absolute Gasteiger partial charge is 0.229 e. The number of hydrogen-bond acceptors (Lipinski definition) is 3. The van der Waals surface area contributed by atoms with Crippen LogP contribution in [-0.4, -0.2) is 16.5 Å². The van der Waals surface area contributed by atoms with Gasteiger partial charge in [0.2, 0.25) is 5.95 Å². The lowest BCUT2D eigenvalue weighted by atomic mass is 10.1. The fourth-order valence-electron chi connectivity index (χ4n) is 2.46. The molecule has 0 spiro atoms. The van der Waals surface area contributed by atoms with Gasteiger partial charge in [-0.15, -0.1) is 11.6 Å². The highest BCUT2D eigenvalue weighted by Crippen LogP contribution is 2.30. The van der Waals surface area contributed by atoms with Gasteiger partial charge in [0.1, 0.15) is 0 Å². The number of hydrogen-bond donors (Lipinski definition) is 0. The van der Waals surface area contributed by atoms with Crippen LogP contribution in [0.3, 0.4) is 0 Å². The van der Waals surface area contributed by atoms with Gasteiger partial charge in [-0.2, -0.15) is 0 Å². The highest BCUT2D eigenvalue weighted by atomic mass is 35.5. The van der Waals surface area contributed by atoms with Gasteiger partial charge in [-0.25, -0.2) is 9.97 Å². The average molecular weight is 274 g/mol. The summed E-state index contributed by atoms with van der Waals surface area (Å²) in [5, 5.41) is 0. The van der Waals surface area contributed by atoms with E-state index in [0.29, 0.717) is 5.88 Å². The maximum atomic E-state index is 5.78. The minimum atomic E-state index is 0.455. The number of alkyl halides is 1. The molecule has 19 heavy (non-hydrogen) atoms. The van der Waals surface area contributed by atoms with Crippen molar-refractivity contribution in [1.29, 1.82) is 0 Å². The molecule has 98 valence electrons. The van der Waals surface area contributed by atoms with E-state index < -0.39 is 0 Å². The molecule has 0 saturated carbocycles. The molecule has 4 heteroatoms. The zero-order valence-corrected chi connectivity index (χ0v) is 11.5. The van der Waals surface area contributed by atoms with Crippen molar-refractivity contribution in [3.05, 3.63) is 47.8 Å². The van der Waals surface area contributed by atoms with E-state index in [1.807, 2.05) is 12.4 Å². The van der Waals surface area contributed by atoms with Gasteiger partial charge >= 0.3 is 0 Å². The van der Waals surface area contributed by atoms with Crippen molar-refractivity contribution < 1.29 is 0 Å². The number of aryl methyl sites for hydroxylation is 1. The SMILES string of the molecule is ClCc1cnc(N2CCCCc3ccccc32)nc1. The second-order valence-electron chi connectivity index (χ2n) is 4.76. The summed E-state index contributed by atoms with van der Waals surface area (Å²) < 4.78 is 0. The van der Waals surface area contributed by atoms with Crippen molar-refractivity contribution in [1.82, 2.24) is 9.97 Å². The summed E-state index contributed by atoms with van der Waals surface area (Å²) in [6.45, 7) is 0.969. The van der Waals surface area contributed by atoms with Gasteiger partial charge in [0, 0.05) is 30.2 Å². The molecule has 0 aliphatic carbocycles. The highest BCUT2D eigenvalue weighted by molar-refractivity contribution is 6.17. The lowest BCUT2D eigenvalue weighted by Crippen LogP contribution is -2.20. The molecule has 3 rings (SSSR count). The van der Waals surface area contributed by atoms with Gasteiger partial charge in [-0.1, -0.05) is 18.2 Å². The van der Waals surface area contributed by atoms with E-state index in [1.54, 1.807) is 0 Å². The summed E-state index contributed by atoms with van der Waals surface area (Å²) in [5.74, 6) is 1.22. The number of aromatic nitrogens is 2. The van der Waals surface area contributed by atoms with Crippen LogP contribution in [0.2, 0.25) is 0 Å². The van der Waals surface area contributed by atoms with Gasteiger partial charge in [0.15, 0.2) is 0 Å². The maximum Gasteiger partial charge on any atom is 0.229 e. The summed E-state index contributed by atoms with van der Waals surface area (Å²) in [6.07, 6.45) is 7.13. The monoisotopic (exact) mass is 273 g/mol. The molecular weight excluding hydrogens is 258 g/mol. The van der Waals surface area contributed by atoms with Crippen LogP contribution in [0, 0.1) is 0 Å². The first-order valence-electron chi connectivity index (χ1n) is 6.61. The zero-order valence-electron chi connectivity index (χ0n) is 10.7. The molecule has 3 nitrogen and oxygen atoms in total. The maximum absolute atomic E-state index is 5.78. The molecule has 1 aromatic carbocycles. The minimum absolute atomic E-state index is 0.455. The number of para-hydroxylation sites is 1. The van der Waals surface area contributed by atoms with Crippen molar-refractivity contribution in [2.24, 2.45) is 0 Å². The molecule has 0 amide bonds. The number of fused-ring (bicyclic) bond motifs is 1. The van der Waals surface area contributed by atoms with Gasteiger partial charge in [0.25, 0.3) is 0 Å². The largest absolute Gasteiger partial charge is 0.310 e. The Morgan fingerprint density at radius 2 is 1.89 bits per heavy atom. The molecule has 1 aliphatic rings. The molecule has 0 unspecified atom stereocenters. The van der Waals surface area contributed by atoms with E-state index in [1.165, 1.54) is 17.7 Å². The van der Waals surface area contributed by atoms with Crippen molar-refractivity contribution in [2.45, 2.75) is 25.1 Å². The van der Waals surface area contributed by atoms with Crippen LogP contribution in [0.15, 0.2) is 36.7 Å². The predicted molar refractivity (Wildman–Crippen MR) is 78.0 cm³/mol. The Bertz CT molecular complexity index is 554. The second kappa shape index (κ2) is 5.57. The van der Waals surface area contributed by atoms with Crippen LogP contribution >= 0.6 is 11.6 Å². The molecule has 0 bridgehead atoms. The Morgan fingerprint density at radius 3 is 2.68 bits per heavy atom. The Morgan fingerprint density at radius 1 is 1.11 bits per heavy atom. The molecule has 0 radical (unpaired) electrons. The lowest BCUT2D eigenvalue weighted by Gasteiger charge is -2.22. The third-order valence-electron chi connectivity index (χ3n) is 3.45. The van der Waals surface area contributed by atoms with Crippen molar-refractivity contribution >= 4 is 23.2 Å². The normalized spacial score (nSPS) is 14.9. The summed E-state index contributed by atoms with van der Waals surface area (Å²) in [5.41, 5.74) is 3.57. The van der Waals surface area contributed by atoms with Crippen LogP contribution in [0.5, 0.6) is 0 Å². The van der Waals surface area contributed by atoms with Crippen LogP contribution < -0.4 is 4.90 Å². The first-order chi connectivity index (χ1) is 9.38. The first-order valence-corrected chi connectivity index (χ1v) is 7.14. The first kappa shape index (κ1) is 12.4. The summed E-state index contributed by atoms with van der Waals surface area (Å²) in [7, 11) is 0. The van der Waals surface area contributed by atoms with E-state index >= 15 is 0 Å². The predicted octanol–water partition coefficient (Wildman–Crippen LogP) is 3.69. The molecule has 0 saturated heterocycles. The number of nitrogens with zero attached hydrogens (tertiary/aromatic N) is 3. The Hall–Kier alpha value is -1.61. The Balaban J connectivity index is 1.99. The quantitative estimate of drug-likeness (QED) is 0.782. The molecular formula is C15H16ClN3. The van der Waals surface area contributed by atoms with Gasteiger partial charge in [-0.3, -0.25) is 0 Å². The molecule has 0 N–H and O–H groups in total. The summed E-state index contributed by atoms with van der Waals surface area (Å²) in [4.78, 5) is 11.1. The zero-order chi connectivity index (χ0) is 13.1. The summed E-state index contributed by atoms with van der Waals surface area (Å²) >= 11 is 5.78. The molecule has 1 aromatic heterocycles. The number of benzene rings is 1. The molecule has 0 atom stereocenters. The second-order valence-corrected chi connectivity index (χ2v) is 5.03. The topological polar surface area (TPSA) is 29.0 Å². The summed E-state index contributed by atoms with van der Waals surface area (Å²) in [6, 6.07) is 8.52. The van der Waals surface area contributed by atoms with Crippen LogP contribution in [0.4, 0.5) is 11.6 Å². The van der Waals surface area contributed by atoms with E-state index in [9.17, 15) is 0 Å². The number of rotatable bonds is 2. The molecule has 2 heterocycles. The van der Waals surface area contributed by atoms with E-state index in [2.05, 4.69) is 39.1 Å². The lowest BCUT2D eigenvalue weighted by molar-refractivity contribution is 0.752. The van der Waals surface area contributed by atoms with Crippen molar-refractivity contribution in [3.63, 3.8) is 0 Å². The molecule has 1 aliphatic heterocycles. The van der Waals surface area contributed by atoms with E-state index in [0.717, 1.165) is 30.9 Å². The van der Waals surface area contributed by atoms with Gasteiger partial charge < -0.3 is 4.90 Å². The van der Waals surface area contributed by atoms with E-state index in [4.69, 9.17) is 11.6 Å². The van der Waals surface area contributed by atoms with Gasteiger partial charge in [-0.05, 0) is 30.9 Å². The number of anilines is 2. The Labute approximate surface area is 118 Å². The van der Waals surface area contributed by atoms with Crippen molar-refractivity contribution in [3.8, 4) is 0 Å².